The lowest BCUT2D eigenvalue weighted by atomic mass is 10.1. The Morgan fingerprint density at radius 2 is 1.86 bits per heavy atom. The van der Waals surface area contributed by atoms with Gasteiger partial charge in [0, 0.05) is 5.69 Å². The summed E-state index contributed by atoms with van der Waals surface area (Å²) in [5, 5.41) is 11.5. The molecular formula is C14H19N3O4. The molecule has 1 rings (SSSR count). The predicted molar refractivity (Wildman–Crippen MR) is 77.8 cm³/mol. The maximum absolute atomic E-state index is 12.0. The van der Waals surface area contributed by atoms with Crippen molar-refractivity contribution in [2.45, 2.75) is 13.8 Å². The molecule has 0 saturated heterocycles. The zero-order valence-corrected chi connectivity index (χ0v) is 12.0. The molecule has 0 saturated carbocycles. The van der Waals surface area contributed by atoms with Crippen molar-refractivity contribution in [1.29, 1.82) is 0 Å². The molecule has 0 aliphatic carbocycles. The van der Waals surface area contributed by atoms with Crippen molar-refractivity contribution in [3.8, 4) is 0 Å². The van der Waals surface area contributed by atoms with E-state index in [2.05, 4.69) is 5.32 Å². The number of benzene rings is 1. The first-order chi connectivity index (χ1) is 9.79. The molecule has 0 heterocycles. The van der Waals surface area contributed by atoms with E-state index in [4.69, 9.17) is 10.8 Å². The van der Waals surface area contributed by atoms with E-state index < -0.39 is 24.3 Å². The average molecular weight is 293 g/mol. The maximum Gasteiger partial charge on any atom is 0.317 e. The van der Waals surface area contributed by atoms with Gasteiger partial charge in [-0.15, -0.1) is 0 Å². The van der Waals surface area contributed by atoms with Crippen LogP contribution in [0, 0.1) is 13.8 Å². The van der Waals surface area contributed by atoms with Crippen molar-refractivity contribution in [3.05, 3.63) is 29.3 Å². The second-order valence-electron chi connectivity index (χ2n) is 4.80. The van der Waals surface area contributed by atoms with E-state index in [9.17, 15) is 14.4 Å². The first-order valence-corrected chi connectivity index (χ1v) is 6.38. The monoisotopic (exact) mass is 293 g/mol. The fourth-order valence-corrected chi connectivity index (χ4v) is 1.86. The van der Waals surface area contributed by atoms with Gasteiger partial charge in [0.05, 0.1) is 19.6 Å². The van der Waals surface area contributed by atoms with Gasteiger partial charge in [-0.2, -0.15) is 0 Å². The van der Waals surface area contributed by atoms with Gasteiger partial charge in [-0.3, -0.25) is 19.3 Å². The van der Waals surface area contributed by atoms with E-state index in [1.165, 1.54) is 4.90 Å². The van der Waals surface area contributed by atoms with E-state index in [1.54, 1.807) is 6.07 Å². The number of carbonyl (C=O) groups excluding carboxylic acids is 2. The number of aliphatic carboxylic acids is 1. The van der Waals surface area contributed by atoms with E-state index in [0.717, 1.165) is 11.1 Å². The van der Waals surface area contributed by atoms with Gasteiger partial charge in [0.25, 0.3) is 0 Å². The van der Waals surface area contributed by atoms with Crippen LogP contribution in [0.4, 0.5) is 5.69 Å². The fourth-order valence-electron chi connectivity index (χ4n) is 1.86. The number of nitrogens with zero attached hydrogens (tertiary/aromatic N) is 1. The summed E-state index contributed by atoms with van der Waals surface area (Å²) in [4.78, 5) is 34.7. The number of amides is 2. The van der Waals surface area contributed by atoms with Gasteiger partial charge in [-0.1, -0.05) is 12.1 Å². The molecule has 0 aliphatic rings. The molecule has 21 heavy (non-hydrogen) atoms. The van der Waals surface area contributed by atoms with Crippen LogP contribution in [0.2, 0.25) is 0 Å². The van der Waals surface area contributed by atoms with Crippen molar-refractivity contribution < 1.29 is 19.5 Å². The molecule has 7 heteroatoms. The molecule has 2 amide bonds. The van der Waals surface area contributed by atoms with Crippen LogP contribution in [0.5, 0.6) is 0 Å². The van der Waals surface area contributed by atoms with Crippen LogP contribution in [0.15, 0.2) is 18.2 Å². The number of anilines is 1. The van der Waals surface area contributed by atoms with E-state index >= 15 is 0 Å². The van der Waals surface area contributed by atoms with Gasteiger partial charge < -0.3 is 16.2 Å². The number of carboxylic acid groups (broad SMARTS) is 1. The number of nitrogens with one attached hydrogen (secondary N) is 1. The number of carboxylic acids is 1. The highest BCUT2D eigenvalue weighted by molar-refractivity contribution is 5.93. The van der Waals surface area contributed by atoms with Crippen LogP contribution in [0.25, 0.3) is 0 Å². The third-order valence-corrected chi connectivity index (χ3v) is 2.98. The van der Waals surface area contributed by atoms with Gasteiger partial charge in [0.2, 0.25) is 11.8 Å². The molecule has 0 aromatic heterocycles. The van der Waals surface area contributed by atoms with E-state index in [1.807, 2.05) is 26.0 Å². The number of rotatable bonds is 7. The van der Waals surface area contributed by atoms with E-state index in [-0.39, 0.29) is 13.1 Å². The second-order valence-corrected chi connectivity index (χ2v) is 4.80. The summed E-state index contributed by atoms with van der Waals surface area (Å²) in [7, 11) is 0. The van der Waals surface area contributed by atoms with Crippen LogP contribution >= 0.6 is 0 Å². The molecule has 0 aliphatic heterocycles. The zero-order chi connectivity index (χ0) is 16.0. The Bertz CT molecular complexity index is 541. The minimum absolute atomic E-state index is 0.220. The van der Waals surface area contributed by atoms with Gasteiger partial charge in [0.1, 0.15) is 0 Å². The predicted octanol–water partition coefficient (Wildman–Crippen LogP) is 0.114. The summed E-state index contributed by atoms with van der Waals surface area (Å²) in [6.07, 6.45) is 0. The molecular weight excluding hydrogens is 274 g/mol. The lowest BCUT2D eigenvalue weighted by Gasteiger charge is -2.18. The Morgan fingerprint density at radius 3 is 2.43 bits per heavy atom. The fraction of sp³-hybridized carbons (Fsp3) is 0.357. The number of aryl methyl sites for hydroxylation is 1. The maximum atomic E-state index is 12.0. The molecule has 0 fully saturated rings. The third-order valence-electron chi connectivity index (χ3n) is 2.98. The van der Waals surface area contributed by atoms with Crippen LogP contribution in [0.1, 0.15) is 11.1 Å². The third kappa shape index (κ3) is 5.62. The molecule has 0 bridgehead atoms. The Morgan fingerprint density at radius 1 is 1.19 bits per heavy atom. The molecule has 1 aromatic rings. The Hall–Kier alpha value is -2.41. The van der Waals surface area contributed by atoms with Crippen LogP contribution in [0.3, 0.4) is 0 Å². The first-order valence-electron chi connectivity index (χ1n) is 6.38. The summed E-state index contributed by atoms with van der Waals surface area (Å²) in [5.74, 6) is -2.21. The lowest BCUT2D eigenvalue weighted by Crippen LogP contribution is -2.41. The van der Waals surface area contributed by atoms with Gasteiger partial charge >= 0.3 is 5.97 Å². The molecule has 1 aromatic carbocycles. The molecule has 7 nitrogen and oxygen atoms in total. The summed E-state index contributed by atoms with van der Waals surface area (Å²) < 4.78 is 0. The smallest absolute Gasteiger partial charge is 0.317 e. The standard InChI is InChI=1S/C14H19N3O4/c1-9-4-3-5-11(10(9)2)16-13(19)7-17(6-12(15)18)8-14(20)21/h3-5H,6-8H2,1-2H3,(H2,15,18)(H,16,19)(H,20,21). The van der Waals surface area contributed by atoms with Gasteiger partial charge in [-0.25, -0.2) is 0 Å². The average Bonchev–Trinajstić information content (AvgIpc) is 2.33. The summed E-state index contributed by atoms with van der Waals surface area (Å²) in [6, 6.07) is 5.50. The highest BCUT2D eigenvalue weighted by Crippen LogP contribution is 2.17. The quantitative estimate of drug-likeness (QED) is 0.660. The zero-order valence-electron chi connectivity index (χ0n) is 12.0. The normalized spacial score (nSPS) is 10.4. The molecule has 114 valence electrons. The highest BCUT2D eigenvalue weighted by atomic mass is 16.4. The second kappa shape index (κ2) is 7.39. The van der Waals surface area contributed by atoms with Crippen LogP contribution in [-0.2, 0) is 14.4 Å². The molecule has 0 atom stereocenters. The topological polar surface area (TPSA) is 113 Å². The van der Waals surface area contributed by atoms with Crippen molar-refractivity contribution >= 4 is 23.5 Å². The molecule has 0 spiro atoms. The highest BCUT2D eigenvalue weighted by Gasteiger charge is 2.16. The largest absolute Gasteiger partial charge is 0.480 e. The van der Waals surface area contributed by atoms with Crippen molar-refractivity contribution in [1.82, 2.24) is 4.90 Å². The Kier molecular flexibility index (Phi) is 5.86. The van der Waals surface area contributed by atoms with Crippen molar-refractivity contribution in [2.75, 3.05) is 25.0 Å². The minimum atomic E-state index is -1.13. The number of hydrogen-bond donors (Lipinski definition) is 3. The number of carbonyl (C=O) groups is 3. The van der Waals surface area contributed by atoms with E-state index in [0.29, 0.717) is 5.69 Å². The number of nitrogens with two attached hydrogens (primary N) is 1. The molecule has 4 N–H and O–H groups in total. The lowest BCUT2D eigenvalue weighted by molar-refractivity contribution is -0.138. The summed E-state index contributed by atoms with van der Waals surface area (Å²) in [6.45, 7) is 2.87. The summed E-state index contributed by atoms with van der Waals surface area (Å²) >= 11 is 0. The molecule has 0 radical (unpaired) electrons. The minimum Gasteiger partial charge on any atom is -0.480 e. The van der Waals surface area contributed by atoms with Gasteiger partial charge in [0.15, 0.2) is 0 Å². The number of primary amides is 1. The first kappa shape index (κ1) is 16.6. The Balaban J connectivity index is 2.71. The SMILES string of the molecule is Cc1cccc(NC(=O)CN(CC(N)=O)CC(=O)O)c1C. The van der Waals surface area contributed by atoms with Gasteiger partial charge in [-0.05, 0) is 31.0 Å². The Labute approximate surface area is 122 Å². The van der Waals surface area contributed by atoms with Crippen LogP contribution < -0.4 is 11.1 Å². The molecule has 0 unspecified atom stereocenters. The summed E-state index contributed by atoms with van der Waals surface area (Å²) in [5.41, 5.74) is 7.67. The number of hydrogen-bond acceptors (Lipinski definition) is 4. The van der Waals surface area contributed by atoms with Crippen LogP contribution in [-0.4, -0.2) is 47.4 Å². The van der Waals surface area contributed by atoms with Crippen molar-refractivity contribution in [3.63, 3.8) is 0 Å². The van der Waals surface area contributed by atoms with Crippen molar-refractivity contribution in [2.24, 2.45) is 5.73 Å².